The van der Waals surface area contributed by atoms with Gasteiger partial charge >= 0.3 is 7.12 Å². The predicted molar refractivity (Wildman–Crippen MR) is 167 cm³/mol. The van der Waals surface area contributed by atoms with Gasteiger partial charge in [-0.2, -0.15) is 0 Å². The fourth-order valence-electron chi connectivity index (χ4n) is 8.42. The van der Waals surface area contributed by atoms with E-state index in [1.165, 1.54) is 6.42 Å². The molecular weight excluding hydrogens is 541 g/mol. The molecule has 43 heavy (non-hydrogen) atoms. The van der Waals surface area contributed by atoms with Gasteiger partial charge in [-0.3, -0.25) is 14.5 Å². The maximum atomic E-state index is 14.7. The highest BCUT2D eigenvalue weighted by molar-refractivity contribution is 6.62. The SMILES string of the molecule is CC1(C)CCN([C@H]2C[C@@H](N3C(=O)C4(CCN(C(=O)C5CCOCC5)CC4)c4ccc(B5OC(C)(C)C(C)(C)O5)cc43)C2)C1. The molecule has 6 aliphatic rings. The molecule has 234 valence electrons. The van der Waals surface area contributed by atoms with Crippen molar-refractivity contribution >= 4 is 30.1 Å². The molecule has 5 aliphatic heterocycles. The lowest BCUT2D eigenvalue weighted by Crippen LogP contribution is -2.58. The van der Waals surface area contributed by atoms with E-state index in [2.05, 4.69) is 69.5 Å². The van der Waals surface area contributed by atoms with Crippen LogP contribution in [0, 0.1) is 11.3 Å². The topological polar surface area (TPSA) is 71.6 Å². The van der Waals surface area contributed by atoms with E-state index in [0.29, 0.717) is 50.6 Å². The van der Waals surface area contributed by atoms with E-state index in [0.717, 1.165) is 55.5 Å². The van der Waals surface area contributed by atoms with Crippen LogP contribution in [0.1, 0.15) is 92.1 Å². The predicted octanol–water partition coefficient (Wildman–Crippen LogP) is 3.88. The molecule has 1 aliphatic carbocycles. The number of nitrogens with zero attached hydrogens (tertiary/aromatic N) is 3. The van der Waals surface area contributed by atoms with Gasteiger partial charge in [-0.15, -0.1) is 0 Å². The maximum Gasteiger partial charge on any atom is 0.494 e. The normalized spacial score (nSPS) is 31.5. The van der Waals surface area contributed by atoms with Gasteiger partial charge in [0.05, 0.1) is 16.6 Å². The highest BCUT2D eigenvalue weighted by atomic mass is 16.7. The van der Waals surface area contributed by atoms with Crippen molar-refractivity contribution in [1.82, 2.24) is 9.80 Å². The van der Waals surface area contributed by atoms with E-state index in [4.69, 9.17) is 14.0 Å². The number of piperidine rings is 1. The molecule has 7 rings (SSSR count). The van der Waals surface area contributed by atoms with Crippen molar-refractivity contribution in [1.29, 1.82) is 0 Å². The van der Waals surface area contributed by atoms with E-state index in [9.17, 15) is 9.59 Å². The van der Waals surface area contributed by atoms with Crippen LogP contribution in [-0.4, -0.2) is 91.4 Å². The number of anilines is 1. The molecule has 9 heteroatoms. The van der Waals surface area contributed by atoms with E-state index >= 15 is 0 Å². The van der Waals surface area contributed by atoms with Gasteiger partial charge in [0.1, 0.15) is 0 Å². The first kappa shape index (κ1) is 29.8. The number of carbonyl (C=O) groups is 2. The summed E-state index contributed by atoms with van der Waals surface area (Å²) in [6.45, 7) is 17.9. The zero-order chi connectivity index (χ0) is 30.4. The second kappa shape index (κ2) is 10.3. The van der Waals surface area contributed by atoms with Crippen molar-refractivity contribution in [2.45, 2.75) is 115 Å². The summed E-state index contributed by atoms with van der Waals surface area (Å²) in [5.41, 5.74) is 2.07. The largest absolute Gasteiger partial charge is 0.494 e. The molecule has 0 bridgehead atoms. The third-order valence-electron chi connectivity index (χ3n) is 12.1. The number of carbonyl (C=O) groups excluding carboxylic acids is 2. The number of ether oxygens (including phenoxy) is 1. The van der Waals surface area contributed by atoms with Gasteiger partial charge in [-0.05, 0) is 102 Å². The number of benzene rings is 1. The zero-order valence-corrected chi connectivity index (χ0v) is 27.1. The molecule has 1 saturated carbocycles. The molecule has 0 unspecified atom stereocenters. The molecule has 8 nitrogen and oxygen atoms in total. The Morgan fingerprint density at radius 1 is 0.884 bits per heavy atom. The first-order valence-corrected chi connectivity index (χ1v) is 16.7. The average molecular weight is 592 g/mol. The Balaban J connectivity index is 1.15. The van der Waals surface area contributed by atoms with Crippen LogP contribution in [0.25, 0.3) is 0 Å². The molecule has 2 amide bonds. The van der Waals surface area contributed by atoms with E-state index in [1.54, 1.807) is 0 Å². The van der Waals surface area contributed by atoms with Crippen molar-refractivity contribution < 1.29 is 23.6 Å². The lowest BCUT2D eigenvalue weighted by atomic mass is 9.71. The van der Waals surface area contributed by atoms with Gasteiger partial charge < -0.3 is 23.8 Å². The summed E-state index contributed by atoms with van der Waals surface area (Å²) < 4.78 is 18.3. The highest BCUT2D eigenvalue weighted by Crippen LogP contribution is 2.51. The van der Waals surface area contributed by atoms with Crippen LogP contribution in [-0.2, 0) is 29.0 Å². The van der Waals surface area contributed by atoms with Crippen molar-refractivity contribution in [3.63, 3.8) is 0 Å². The summed E-state index contributed by atoms with van der Waals surface area (Å²) in [6.07, 6.45) is 6.23. The van der Waals surface area contributed by atoms with Gasteiger partial charge in [0.25, 0.3) is 0 Å². The lowest BCUT2D eigenvalue weighted by Gasteiger charge is -2.47. The van der Waals surface area contributed by atoms with Crippen molar-refractivity contribution in [3.05, 3.63) is 23.8 Å². The minimum absolute atomic E-state index is 0.0517. The first-order valence-electron chi connectivity index (χ1n) is 16.7. The standard InChI is InChI=1S/C34H50BN3O5/c1-31(2)11-14-37(22-31)25-20-26(21-25)38-28-19-24(35-42-32(3,4)33(5,6)43-35)7-8-27(28)34(30(38)40)12-15-36(16-13-34)29(39)23-9-17-41-18-10-23/h7-8,19,23,25-26H,9-18,20-22H2,1-6H3/t25-,26+. The van der Waals surface area contributed by atoms with Crippen LogP contribution in [0.15, 0.2) is 18.2 Å². The van der Waals surface area contributed by atoms with Gasteiger partial charge in [0, 0.05) is 56.5 Å². The molecule has 0 atom stereocenters. The Labute approximate surface area is 257 Å². The molecule has 4 saturated heterocycles. The molecule has 0 radical (unpaired) electrons. The Morgan fingerprint density at radius 2 is 1.53 bits per heavy atom. The molecular formula is C34H50BN3O5. The average Bonchev–Trinajstić information content (AvgIpc) is 3.50. The van der Waals surface area contributed by atoms with Crippen LogP contribution in [0.5, 0.6) is 0 Å². The van der Waals surface area contributed by atoms with Gasteiger partial charge in [0.15, 0.2) is 0 Å². The van der Waals surface area contributed by atoms with Crippen LogP contribution in [0.3, 0.4) is 0 Å². The van der Waals surface area contributed by atoms with Gasteiger partial charge in [-0.1, -0.05) is 26.0 Å². The number of rotatable bonds is 4. The van der Waals surface area contributed by atoms with Crippen LogP contribution >= 0.6 is 0 Å². The summed E-state index contributed by atoms with van der Waals surface area (Å²) in [5, 5.41) is 0. The van der Waals surface area contributed by atoms with Crippen LogP contribution in [0.2, 0.25) is 0 Å². The quantitative estimate of drug-likeness (QED) is 0.496. The van der Waals surface area contributed by atoms with Gasteiger partial charge in [-0.25, -0.2) is 0 Å². The third kappa shape index (κ3) is 4.88. The highest BCUT2D eigenvalue weighted by Gasteiger charge is 2.57. The van der Waals surface area contributed by atoms with E-state index < -0.39 is 23.7 Å². The Hall–Kier alpha value is -1.94. The fraction of sp³-hybridized carbons (Fsp3) is 0.765. The van der Waals surface area contributed by atoms with Crippen molar-refractivity contribution in [2.24, 2.45) is 11.3 Å². The van der Waals surface area contributed by atoms with Crippen LogP contribution < -0.4 is 10.4 Å². The van der Waals surface area contributed by atoms with E-state index in [-0.39, 0.29) is 23.8 Å². The van der Waals surface area contributed by atoms with Crippen molar-refractivity contribution in [3.8, 4) is 0 Å². The smallest absolute Gasteiger partial charge is 0.399 e. The summed E-state index contributed by atoms with van der Waals surface area (Å²) in [5.74, 6) is 0.528. The second-order valence-electron chi connectivity index (χ2n) is 16.0. The Bertz CT molecular complexity index is 1260. The molecule has 5 fully saturated rings. The number of fused-ring (bicyclic) bond motifs is 2. The van der Waals surface area contributed by atoms with E-state index in [1.807, 2.05) is 4.90 Å². The maximum absolute atomic E-state index is 14.7. The summed E-state index contributed by atoms with van der Waals surface area (Å²) in [6, 6.07) is 7.20. The minimum atomic E-state index is -0.572. The summed E-state index contributed by atoms with van der Waals surface area (Å²) in [4.78, 5) is 34.8. The minimum Gasteiger partial charge on any atom is -0.399 e. The summed E-state index contributed by atoms with van der Waals surface area (Å²) in [7, 11) is -0.469. The second-order valence-corrected chi connectivity index (χ2v) is 16.0. The van der Waals surface area contributed by atoms with Crippen molar-refractivity contribution in [2.75, 3.05) is 44.3 Å². The zero-order valence-electron chi connectivity index (χ0n) is 27.1. The van der Waals surface area contributed by atoms with Gasteiger partial charge in [0.2, 0.25) is 11.8 Å². The van der Waals surface area contributed by atoms with Crippen LogP contribution in [0.4, 0.5) is 5.69 Å². The Morgan fingerprint density at radius 3 is 2.14 bits per heavy atom. The molecule has 1 aromatic carbocycles. The molecule has 1 aromatic rings. The number of hydrogen-bond donors (Lipinski definition) is 0. The third-order valence-corrected chi connectivity index (χ3v) is 12.1. The fourth-order valence-corrected chi connectivity index (χ4v) is 8.42. The number of hydrogen-bond acceptors (Lipinski definition) is 6. The molecule has 1 spiro atoms. The first-order chi connectivity index (χ1) is 20.3. The monoisotopic (exact) mass is 591 g/mol. The molecule has 5 heterocycles. The number of likely N-dealkylation sites (tertiary alicyclic amines) is 2. The summed E-state index contributed by atoms with van der Waals surface area (Å²) >= 11 is 0. The lowest BCUT2D eigenvalue weighted by molar-refractivity contribution is -0.142. The number of amides is 2. The molecule has 0 N–H and O–H groups in total. The molecule has 0 aromatic heterocycles. The Kier molecular flexibility index (Phi) is 7.12.